The molecule has 0 aliphatic heterocycles. The third-order valence-corrected chi connectivity index (χ3v) is 6.13. The molecule has 3 unspecified atom stereocenters. The largest absolute Gasteiger partial charge is 0.384 e. The van der Waals surface area contributed by atoms with Crippen LogP contribution < -0.4 is 0 Å². The smallest absolute Gasteiger partial charge is 0.154 e. The maximum absolute atomic E-state index is 12.9. The van der Waals surface area contributed by atoms with E-state index < -0.39 is 0 Å². The Morgan fingerprint density at radius 2 is 2.05 bits per heavy atom. The van der Waals surface area contributed by atoms with Crippen LogP contribution in [0.25, 0.3) is 0 Å². The highest BCUT2D eigenvalue weighted by Crippen LogP contribution is 2.46. The first kappa shape index (κ1) is 18.4. The molecule has 0 saturated heterocycles. The van der Waals surface area contributed by atoms with Crippen molar-refractivity contribution in [3.05, 3.63) is 0 Å². The first-order chi connectivity index (χ1) is 9.58. The summed E-state index contributed by atoms with van der Waals surface area (Å²) in [6.07, 6.45) is 10.8. The molecule has 3 heteroatoms. The average Bonchev–Trinajstić information content (AvgIpc) is 2.80. The van der Waals surface area contributed by atoms with Crippen LogP contribution in [0.4, 0.5) is 0 Å². The molecule has 0 heterocycles. The summed E-state index contributed by atoms with van der Waals surface area (Å²) in [5.74, 6) is 0.938. The van der Waals surface area contributed by atoms with Gasteiger partial charge in [0.05, 0.1) is 15.9 Å². The van der Waals surface area contributed by atoms with Crippen molar-refractivity contribution in [1.29, 1.82) is 0 Å². The van der Waals surface area contributed by atoms with E-state index in [0.717, 1.165) is 12.8 Å². The van der Waals surface area contributed by atoms with E-state index in [-0.39, 0.29) is 9.34 Å². The molecule has 0 aromatic rings. The van der Waals surface area contributed by atoms with Crippen LogP contribution in [0.15, 0.2) is 0 Å². The number of hydrogen-bond donors (Lipinski definition) is 0. The van der Waals surface area contributed by atoms with Crippen molar-refractivity contribution < 1.29 is 9.53 Å². The maximum Gasteiger partial charge on any atom is 0.154 e. The summed E-state index contributed by atoms with van der Waals surface area (Å²) in [5, 5.41) is 0. The number of rotatable bonds is 10. The van der Waals surface area contributed by atoms with Crippen LogP contribution in [0.3, 0.4) is 0 Å². The highest BCUT2D eigenvalue weighted by Gasteiger charge is 2.48. The molecule has 1 aliphatic carbocycles. The van der Waals surface area contributed by atoms with Gasteiger partial charge in [-0.1, -0.05) is 75.0 Å². The predicted octanol–water partition coefficient (Wildman–Crippen LogP) is 5.17. The van der Waals surface area contributed by atoms with Gasteiger partial charge in [-0.2, -0.15) is 0 Å². The van der Waals surface area contributed by atoms with Crippen molar-refractivity contribution in [2.24, 2.45) is 11.3 Å². The van der Waals surface area contributed by atoms with Gasteiger partial charge >= 0.3 is 0 Å². The SMILES string of the molecule is CCCCCCCC(I)C(=O)C1(COC)CCCC1C. The minimum Gasteiger partial charge on any atom is -0.384 e. The number of alkyl halides is 1. The Labute approximate surface area is 138 Å². The summed E-state index contributed by atoms with van der Waals surface area (Å²) in [6.45, 7) is 5.08. The third kappa shape index (κ3) is 4.69. The van der Waals surface area contributed by atoms with Gasteiger partial charge in [0, 0.05) is 7.11 Å². The molecule has 1 rings (SSSR count). The molecular formula is C17H31IO2. The number of carbonyl (C=O) groups excluding carboxylic acids is 1. The van der Waals surface area contributed by atoms with Gasteiger partial charge in [0.2, 0.25) is 0 Å². The lowest BCUT2D eigenvalue weighted by Crippen LogP contribution is -2.42. The highest BCUT2D eigenvalue weighted by atomic mass is 127. The molecule has 0 spiro atoms. The molecule has 1 fully saturated rings. The van der Waals surface area contributed by atoms with E-state index in [1.54, 1.807) is 7.11 Å². The van der Waals surface area contributed by atoms with E-state index in [2.05, 4.69) is 36.4 Å². The Morgan fingerprint density at radius 3 is 2.60 bits per heavy atom. The van der Waals surface area contributed by atoms with E-state index in [1.807, 2.05) is 0 Å². The fourth-order valence-corrected chi connectivity index (χ4v) is 4.59. The van der Waals surface area contributed by atoms with Crippen molar-refractivity contribution in [1.82, 2.24) is 0 Å². The lowest BCUT2D eigenvalue weighted by Gasteiger charge is -2.33. The second-order valence-electron chi connectivity index (χ2n) is 6.42. The van der Waals surface area contributed by atoms with Crippen LogP contribution in [0, 0.1) is 11.3 Å². The fourth-order valence-electron chi connectivity index (χ4n) is 3.53. The van der Waals surface area contributed by atoms with E-state index >= 15 is 0 Å². The molecule has 118 valence electrons. The molecule has 1 aliphatic rings. The van der Waals surface area contributed by atoms with Gasteiger partial charge in [0.25, 0.3) is 0 Å². The number of hydrogen-bond acceptors (Lipinski definition) is 2. The lowest BCUT2D eigenvalue weighted by atomic mass is 9.74. The number of unbranched alkanes of at least 4 members (excludes halogenated alkanes) is 4. The minimum atomic E-state index is -0.190. The second kappa shape index (κ2) is 9.39. The summed E-state index contributed by atoms with van der Waals surface area (Å²) in [7, 11) is 1.73. The summed E-state index contributed by atoms with van der Waals surface area (Å²) in [6, 6.07) is 0. The molecule has 0 aromatic carbocycles. The predicted molar refractivity (Wildman–Crippen MR) is 93.5 cm³/mol. The van der Waals surface area contributed by atoms with Gasteiger partial charge in [-0.15, -0.1) is 0 Å². The van der Waals surface area contributed by atoms with E-state index in [0.29, 0.717) is 18.3 Å². The molecule has 0 radical (unpaired) electrons. The highest BCUT2D eigenvalue weighted by molar-refractivity contribution is 14.1. The summed E-state index contributed by atoms with van der Waals surface area (Å²) < 4.78 is 5.58. The molecule has 0 bridgehead atoms. The molecule has 0 aromatic heterocycles. The van der Waals surface area contributed by atoms with Crippen LogP contribution in [-0.2, 0) is 9.53 Å². The van der Waals surface area contributed by atoms with Gasteiger partial charge < -0.3 is 4.74 Å². The van der Waals surface area contributed by atoms with Crippen molar-refractivity contribution in [3.8, 4) is 0 Å². The number of halogens is 1. The van der Waals surface area contributed by atoms with Crippen LogP contribution in [0.1, 0.15) is 71.6 Å². The number of ether oxygens (including phenoxy) is 1. The summed E-state index contributed by atoms with van der Waals surface area (Å²) in [4.78, 5) is 12.9. The van der Waals surface area contributed by atoms with Crippen LogP contribution >= 0.6 is 22.6 Å². The van der Waals surface area contributed by atoms with Crippen LogP contribution in [0.5, 0.6) is 0 Å². The Morgan fingerprint density at radius 1 is 1.35 bits per heavy atom. The first-order valence-electron chi connectivity index (χ1n) is 8.25. The summed E-state index contributed by atoms with van der Waals surface area (Å²) in [5.41, 5.74) is -0.190. The van der Waals surface area contributed by atoms with Gasteiger partial charge in [-0.05, 0) is 25.2 Å². The van der Waals surface area contributed by atoms with E-state index in [1.165, 1.54) is 44.9 Å². The monoisotopic (exact) mass is 394 g/mol. The zero-order valence-electron chi connectivity index (χ0n) is 13.4. The Kier molecular flexibility index (Phi) is 8.64. The zero-order valence-corrected chi connectivity index (χ0v) is 15.6. The number of Topliss-reactive ketones (excluding diaryl/α,β-unsaturated/α-hetero) is 1. The first-order valence-corrected chi connectivity index (χ1v) is 9.50. The topological polar surface area (TPSA) is 26.3 Å². The molecule has 3 atom stereocenters. The van der Waals surface area contributed by atoms with Crippen molar-refractivity contribution in [2.45, 2.75) is 75.6 Å². The molecule has 20 heavy (non-hydrogen) atoms. The average molecular weight is 394 g/mol. The van der Waals surface area contributed by atoms with Crippen molar-refractivity contribution in [3.63, 3.8) is 0 Å². The second-order valence-corrected chi connectivity index (χ2v) is 7.92. The molecular weight excluding hydrogens is 363 g/mol. The minimum absolute atomic E-state index is 0.171. The van der Waals surface area contributed by atoms with Gasteiger partial charge in [0.15, 0.2) is 5.78 Å². The molecule has 2 nitrogen and oxygen atoms in total. The molecule has 1 saturated carbocycles. The lowest BCUT2D eigenvalue weighted by molar-refractivity contribution is -0.133. The maximum atomic E-state index is 12.9. The quantitative estimate of drug-likeness (QED) is 0.290. The molecule has 0 N–H and O–H groups in total. The fraction of sp³-hybridized carbons (Fsp3) is 0.941. The number of methoxy groups -OCH3 is 1. The summed E-state index contributed by atoms with van der Waals surface area (Å²) >= 11 is 2.37. The molecule has 0 amide bonds. The third-order valence-electron chi connectivity index (χ3n) is 4.94. The van der Waals surface area contributed by atoms with Crippen LogP contribution in [0.2, 0.25) is 0 Å². The number of ketones is 1. The van der Waals surface area contributed by atoms with Crippen molar-refractivity contribution >= 4 is 28.4 Å². The Hall–Kier alpha value is 0.360. The van der Waals surface area contributed by atoms with Crippen LogP contribution in [-0.4, -0.2) is 23.4 Å². The van der Waals surface area contributed by atoms with E-state index in [4.69, 9.17) is 4.74 Å². The Balaban J connectivity index is 2.48. The standard InChI is InChI=1S/C17H31IO2/c1-4-5-6-7-8-11-15(18)16(19)17(13-20-3)12-9-10-14(17)2/h14-15H,4-13H2,1-3H3. The van der Waals surface area contributed by atoms with Gasteiger partial charge in [-0.3, -0.25) is 4.79 Å². The van der Waals surface area contributed by atoms with Crippen molar-refractivity contribution in [2.75, 3.05) is 13.7 Å². The Bertz CT molecular complexity index is 293. The van der Waals surface area contributed by atoms with Gasteiger partial charge in [-0.25, -0.2) is 0 Å². The zero-order chi connectivity index (χ0) is 15.0. The van der Waals surface area contributed by atoms with E-state index in [9.17, 15) is 4.79 Å². The normalized spacial score (nSPS) is 27.7. The number of carbonyl (C=O) groups is 1. The van der Waals surface area contributed by atoms with Gasteiger partial charge in [0.1, 0.15) is 0 Å².